The van der Waals surface area contributed by atoms with E-state index in [1.54, 1.807) is 37.2 Å². The third kappa shape index (κ3) is 4.98. The van der Waals surface area contributed by atoms with E-state index < -0.39 is 12.5 Å². The van der Waals surface area contributed by atoms with Crippen LogP contribution in [0, 0.1) is 18.3 Å². The summed E-state index contributed by atoms with van der Waals surface area (Å²) in [6.45, 7) is 4.61. The second-order valence-electron chi connectivity index (χ2n) is 7.93. The number of nitrogens with zero attached hydrogens (tertiary/aromatic N) is 6. The van der Waals surface area contributed by atoms with E-state index in [0.717, 1.165) is 11.1 Å². The van der Waals surface area contributed by atoms with E-state index in [0.29, 0.717) is 41.8 Å². The summed E-state index contributed by atoms with van der Waals surface area (Å²) in [6.07, 6.45) is 2.30. The van der Waals surface area contributed by atoms with E-state index in [9.17, 15) is 4.79 Å². The lowest BCUT2D eigenvalue weighted by atomic mass is 10.1. The first-order chi connectivity index (χ1) is 16.4. The second kappa shape index (κ2) is 9.86. The van der Waals surface area contributed by atoms with Crippen LogP contribution in [0.1, 0.15) is 29.3 Å². The molecule has 0 fully saturated rings. The van der Waals surface area contributed by atoms with Gasteiger partial charge in [-0.05, 0) is 31.5 Å². The van der Waals surface area contributed by atoms with Crippen LogP contribution in [0.5, 0.6) is 0 Å². The van der Waals surface area contributed by atoms with Crippen LogP contribution >= 0.6 is 0 Å². The van der Waals surface area contributed by atoms with Gasteiger partial charge in [0.2, 0.25) is 12.2 Å². The average molecular weight is 463 g/mol. The Morgan fingerprint density at radius 2 is 2.03 bits per heavy atom. The molecule has 0 radical (unpaired) electrons. The zero-order chi connectivity index (χ0) is 24.2. The third-order valence-electron chi connectivity index (χ3n) is 5.45. The Kier molecular flexibility index (Phi) is 6.72. The van der Waals surface area contributed by atoms with E-state index in [1.807, 2.05) is 29.9 Å². The number of rotatable bonds is 8. The van der Waals surface area contributed by atoms with Crippen molar-refractivity contribution in [2.45, 2.75) is 39.5 Å². The van der Waals surface area contributed by atoms with Crippen LogP contribution in [-0.2, 0) is 27.4 Å². The molecule has 11 heteroatoms. The number of aromatic nitrogens is 4. The van der Waals surface area contributed by atoms with Gasteiger partial charge in [0.05, 0.1) is 30.1 Å². The Morgan fingerprint density at radius 3 is 2.74 bits per heavy atom. The standard InChI is InChI=1S/C23H26N8O3/c1-14-19-20(30(3)22(21(32)28-19)34-15(2)33-4)29-23(27-14)25-10-18-11-26-31(13-18)12-17-7-5-16(9-24)6-8-17/h5-8,11,13,15,22H,10,12H2,1-4H3,(H,28,32)(H,25,27,29). The predicted octanol–water partition coefficient (Wildman–Crippen LogP) is 2.24. The monoisotopic (exact) mass is 462 g/mol. The lowest BCUT2D eigenvalue weighted by molar-refractivity contribution is -0.160. The fraction of sp³-hybridized carbons (Fsp3) is 0.348. The summed E-state index contributed by atoms with van der Waals surface area (Å²) >= 11 is 0. The number of amides is 1. The summed E-state index contributed by atoms with van der Waals surface area (Å²) < 4.78 is 12.6. The van der Waals surface area contributed by atoms with Crippen LogP contribution < -0.4 is 15.5 Å². The molecule has 2 unspecified atom stereocenters. The summed E-state index contributed by atoms with van der Waals surface area (Å²) in [4.78, 5) is 23.2. The Labute approximate surface area is 197 Å². The lowest BCUT2D eigenvalue weighted by Crippen LogP contribution is -2.50. The van der Waals surface area contributed by atoms with Crippen LogP contribution in [0.25, 0.3) is 0 Å². The van der Waals surface area contributed by atoms with Crippen molar-refractivity contribution in [1.82, 2.24) is 19.7 Å². The molecule has 0 aliphatic carbocycles. The number of anilines is 3. The summed E-state index contributed by atoms with van der Waals surface area (Å²) in [5.41, 5.74) is 3.84. The second-order valence-corrected chi connectivity index (χ2v) is 7.93. The quantitative estimate of drug-likeness (QED) is 0.484. The van der Waals surface area contributed by atoms with Gasteiger partial charge in [-0.2, -0.15) is 15.3 Å². The van der Waals surface area contributed by atoms with Gasteiger partial charge >= 0.3 is 0 Å². The summed E-state index contributed by atoms with van der Waals surface area (Å²) in [5.74, 6) is 0.679. The highest BCUT2D eigenvalue weighted by molar-refractivity contribution is 6.02. The highest BCUT2D eigenvalue weighted by Crippen LogP contribution is 2.33. The Bertz CT molecular complexity index is 1220. The smallest absolute Gasteiger partial charge is 0.274 e. The molecule has 2 N–H and O–H groups in total. The minimum atomic E-state index is -0.870. The number of nitriles is 1. The summed E-state index contributed by atoms with van der Waals surface area (Å²) in [6, 6.07) is 9.54. The van der Waals surface area contributed by atoms with E-state index in [-0.39, 0.29) is 5.91 Å². The maximum Gasteiger partial charge on any atom is 0.274 e. The molecule has 0 spiro atoms. The van der Waals surface area contributed by atoms with Crippen molar-refractivity contribution in [2.24, 2.45) is 0 Å². The minimum Gasteiger partial charge on any atom is -0.356 e. The van der Waals surface area contributed by atoms with Crippen LogP contribution in [0.15, 0.2) is 36.7 Å². The van der Waals surface area contributed by atoms with Gasteiger partial charge in [-0.1, -0.05) is 12.1 Å². The number of benzene rings is 1. The molecule has 1 amide bonds. The van der Waals surface area contributed by atoms with Gasteiger partial charge in [-0.25, -0.2) is 4.98 Å². The maximum absolute atomic E-state index is 12.5. The highest BCUT2D eigenvalue weighted by atomic mass is 16.7. The molecular weight excluding hydrogens is 436 g/mol. The van der Waals surface area contributed by atoms with Gasteiger partial charge in [0.25, 0.3) is 5.91 Å². The van der Waals surface area contributed by atoms with Crippen LogP contribution in [0.4, 0.5) is 17.5 Å². The molecule has 176 valence electrons. The number of likely N-dealkylation sites (N-methyl/N-ethyl adjacent to an activating group) is 1. The molecule has 0 saturated carbocycles. The van der Waals surface area contributed by atoms with Crippen molar-refractivity contribution >= 4 is 23.4 Å². The van der Waals surface area contributed by atoms with Crippen molar-refractivity contribution in [3.05, 3.63) is 59.0 Å². The number of aryl methyl sites for hydroxylation is 1. The number of ether oxygens (including phenoxy) is 2. The van der Waals surface area contributed by atoms with Crippen LogP contribution in [0.2, 0.25) is 0 Å². The average Bonchev–Trinajstić information content (AvgIpc) is 3.28. The number of hydrogen-bond donors (Lipinski definition) is 2. The van der Waals surface area contributed by atoms with Crippen molar-refractivity contribution in [3.8, 4) is 6.07 Å². The van der Waals surface area contributed by atoms with Crippen molar-refractivity contribution < 1.29 is 14.3 Å². The molecule has 1 aromatic carbocycles. The maximum atomic E-state index is 12.5. The Morgan fingerprint density at radius 1 is 1.26 bits per heavy atom. The molecular formula is C23H26N8O3. The number of methoxy groups -OCH3 is 1. The van der Waals surface area contributed by atoms with E-state index >= 15 is 0 Å². The number of carbonyl (C=O) groups is 1. The molecule has 34 heavy (non-hydrogen) atoms. The Balaban J connectivity index is 1.44. The molecule has 4 rings (SSSR count). The number of fused-ring (bicyclic) bond motifs is 1. The van der Waals surface area contributed by atoms with Gasteiger partial charge in [0, 0.05) is 32.5 Å². The molecule has 3 aromatic rings. The molecule has 1 aliphatic heterocycles. The van der Waals surface area contributed by atoms with Gasteiger partial charge < -0.3 is 25.0 Å². The fourth-order valence-corrected chi connectivity index (χ4v) is 3.54. The lowest BCUT2D eigenvalue weighted by Gasteiger charge is -2.35. The SMILES string of the molecule is COC(C)OC1C(=O)Nc2c(C)nc(NCc3cnn(Cc4ccc(C#N)cc4)c3)nc2N1C. The molecule has 0 saturated heterocycles. The van der Waals surface area contributed by atoms with Gasteiger partial charge in [-0.15, -0.1) is 0 Å². The first-order valence-corrected chi connectivity index (χ1v) is 10.7. The van der Waals surface area contributed by atoms with Gasteiger partial charge in [-0.3, -0.25) is 9.48 Å². The van der Waals surface area contributed by atoms with E-state index in [4.69, 9.17) is 14.7 Å². The predicted molar refractivity (Wildman–Crippen MR) is 125 cm³/mol. The fourth-order valence-electron chi connectivity index (χ4n) is 3.54. The molecule has 2 aromatic heterocycles. The summed E-state index contributed by atoms with van der Waals surface area (Å²) in [7, 11) is 3.26. The first kappa shape index (κ1) is 23.2. The van der Waals surface area contributed by atoms with E-state index in [1.165, 1.54) is 7.11 Å². The first-order valence-electron chi connectivity index (χ1n) is 10.7. The molecule has 2 atom stereocenters. The van der Waals surface area contributed by atoms with Crippen LogP contribution in [-0.4, -0.2) is 52.3 Å². The number of hydrogen-bond acceptors (Lipinski definition) is 9. The molecule has 1 aliphatic rings. The van der Waals surface area contributed by atoms with Gasteiger partial charge in [0.15, 0.2) is 12.1 Å². The summed E-state index contributed by atoms with van der Waals surface area (Å²) in [5, 5.41) is 19.4. The zero-order valence-corrected chi connectivity index (χ0v) is 19.4. The highest BCUT2D eigenvalue weighted by Gasteiger charge is 2.35. The number of carbonyl (C=O) groups excluding carboxylic acids is 1. The molecule has 11 nitrogen and oxygen atoms in total. The van der Waals surface area contributed by atoms with Crippen molar-refractivity contribution in [2.75, 3.05) is 29.7 Å². The number of nitrogens with one attached hydrogen (secondary N) is 2. The van der Waals surface area contributed by atoms with E-state index in [2.05, 4.69) is 31.8 Å². The topological polar surface area (TPSA) is 130 Å². The Hall–Kier alpha value is -4.01. The zero-order valence-electron chi connectivity index (χ0n) is 19.4. The minimum absolute atomic E-state index is 0.305. The largest absolute Gasteiger partial charge is 0.356 e. The molecule has 3 heterocycles. The molecule has 0 bridgehead atoms. The normalized spacial score (nSPS) is 15.9. The van der Waals surface area contributed by atoms with Gasteiger partial charge in [0.1, 0.15) is 5.69 Å². The van der Waals surface area contributed by atoms with Crippen molar-refractivity contribution in [3.63, 3.8) is 0 Å². The third-order valence-corrected chi connectivity index (χ3v) is 5.45. The van der Waals surface area contributed by atoms with Crippen LogP contribution in [0.3, 0.4) is 0 Å². The van der Waals surface area contributed by atoms with Crippen molar-refractivity contribution in [1.29, 1.82) is 5.26 Å².